The van der Waals surface area contributed by atoms with Crippen LogP contribution in [-0.2, 0) is 4.79 Å². The average molecular weight is 444 g/mol. The first-order valence-corrected chi connectivity index (χ1v) is 10.8. The number of hydrogen-bond acceptors (Lipinski definition) is 6. The Hall–Kier alpha value is -4.07. The van der Waals surface area contributed by atoms with Crippen molar-refractivity contribution in [3.63, 3.8) is 0 Å². The lowest BCUT2D eigenvalue weighted by molar-refractivity contribution is -0.151. The maximum Gasteiger partial charge on any atom is 0.313 e. The van der Waals surface area contributed by atoms with E-state index in [0.29, 0.717) is 30.2 Å². The number of carbonyl (C=O) groups is 1. The summed E-state index contributed by atoms with van der Waals surface area (Å²) >= 11 is 0. The van der Waals surface area contributed by atoms with E-state index in [0.717, 1.165) is 22.5 Å². The van der Waals surface area contributed by atoms with Crippen molar-refractivity contribution in [2.24, 2.45) is 5.41 Å². The van der Waals surface area contributed by atoms with Gasteiger partial charge in [-0.3, -0.25) is 9.78 Å². The first kappa shape index (κ1) is 22.1. The molecule has 3 aromatic heterocycles. The predicted octanol–water partition coefficient (Wildman–Crippen LogP) is 4.87. The molecule has 4 rings (SSSR count). The summed E-state index contributed by atoms with van der Waals surface area (Å²) in [5.74, 6) is 0.111. The van der Waals surface area contributed by atoms with Gasteiger partial charge in [-0.05, 0) is 30.5 Å². The zero-order valence-corrected chi connectivity index (χ0v) is 18.5. The van der Waals surface area contributed by atoms with E-state index < -0.39 is 11.4 Å². The first-order valence-electron chi connectivity index (χ1n) is 10.8. The maximum absolute atomic E-state index is 11.6. The molecule has 0 saturated carbocycles. The van der Waals surface area contributed by atoms with E-state index in [1.807, 2.05) is 56.3 Å². The fraction of sp³-hybridized carbons (Fsp3) is 0.240. The highest BCUT2D eigenvalue weighted by Gasteiger charge is 2.36. The largest absolute Gasteiger partial charge is 0.481 e. The number of nitrogens with zero attached hydrogens (tertiary/aromatic N) is 4. The van der Waals surface area contributed by atoms with Gasteiger partial charge in [0, 0.05) is 11.8 Å². The molecule has 0 amide bonds. The summed E-state index contributed by atoms with van der Waals surface area (Å²) in [6, 6.07) is 13.8. The molecule has 8 nitrogen and oxygen atoms in total. The summed E-state index contributed by atoms with van der Waals surface area (Å²) in [6.07, 6.45) is 7.55. The van der Waals surface area contributed by atoms with Crippen molar-refractivity contribution >= 4 is 5.97 Å². The number of carboxylic acid groups (broad SMARTS) is 1. The Balaban J connectivity index is 1.44. The lowest BCUT2D eigenvalue weighted by Gasteiger charge is -2.26. The monoisotopic (exact) mass is 443 g/mol. The maximum atomic E-state index is 11.6. The van der Waals surface area contributed by atoms with E-state index in [4.69, 9.17) is 4.74 Å². The molecule has 2 N–H and O–H groups in total. The molecule has 168 valence electrons. The molecule has 0 bridgehead atoms. The van der Waals surface area contributed by atoms with Crippen LogP contribution in [0.25, 0.3) is 34.0 Å². The van der Waals surface area contributed by atoms with E-state index in [9.17, 15) is 9.90 Å². The zero-order chi connectivity index (χ0) is 23.3. The van der Waals surface area contributed by atoms with Gasteiger partial charge in [0.05, 0.1) is 30.0 Å². The molecule has 0 fully saturated rings. The Morgan fingerprint density at radius 2 is 1.64 bits per heavy atom. The molecule has 1 aromatic carbocycles. The van der Waals surface area contributed by atoms with Gasteiger partial charge in [0.2, 0.25) is 5.88 Å². The lowest BCUT2D eigenvalue weighted by atomic mass is 9.83. The molecule has 0 radical (unpaired) electrons. The highest BCUT2D eigenvalue weighted by atomic mass is 16.5. The van der Waals surface area contributed by atoms with Crippen molar-refractivity contribution in [1.29, 1.82) is 0 Å². The minimum Gasteiger partial charge on any atom is -0.481 e. The topological polar surface area (TPSA) is 114 Å². The average Bonchev–Trinajstić information content (AvgIpc) is 3.36. The van der Waals surface area contributed by atoms with Crippen molar-refractivity contribution in [1.82, 2.24) is 24.9 Å². The van der Waals surface area contributed by atoms with Crippen LogP contribution < -0.4 is 4.74 Å². The van der Waals surface area contributed by atoms with Gasteiger partial charge in [-0.15, -0.1) is 0 Å². The van der Waals surface area contributed by atoms with Crippen LogP contribution in [-0.4, -0.2) is 42.6 Å². The van der Waals surface area contributed by atoms with E-state index in [2.05, 4.69) is 24.9 Å². The van der Waals surface area contributed by atoms with Crippen LogP contribution in [0.1, 0.15) is 26.7 Å². The quantitative estimate of drug-likeness (QED) is 0.379. The number of carboxylic acids is 1. The summed E-state index contributed by atoms with van der Waals surface area (Å²) < 4.78 is 5.64. The second-order valence-corrected chi connectivity index (χ2v) is 7.76. The standard InChI is InChI=1S/C25H25N5O3/c1-3-25(4-2,24(31)32)16-33-22-15-27-20(13-28-22)18-10-11-19(26-12-18)23-29-14-21(30-23)17-8-6-5-7-9-17/h5-15H,3-4,16H2,1-2H3,(H,29,30)(H,31,32). The van der Waals surface area contributed by atoms with Crippen LogP contribution in [0.2, 0.25) is 0 Å². The van der Waals surface area contributed by atoms with Crippen LogP contribution in [0.15, 0.2) is 67.3 Å². The molecule has 4 aromatic rings. The van der Waals surface area contributed by atoms with Gasteiger partial charge in [0.25, 0.3) is 0 Å². The van der Waals surface area contributed by atoms with Crippen molar-refractivity contribution in [3.05, 3.63) is 67.3 Å². The second-order valence-electron chi connectivity index (χ2n) is 7.76. The minimum atomic E-state index is -0.924. The van der Waals surface area contributed by atoms with E-state index >= 15 is 0 Å². The highest BCUT2D eigenvalue weighted by Crippen LogP contribution is 2.28. The summed E-state index contributed by atoms with van der Waals surface area (Å²) in [5, 5.41) is 9.53. The van der Waals surface area contributed by atoms with Gasteiger partial charge < -0.3 is 14.8 Å². The van der Waals surface area contributed by atoms with E-state index in [1.165, 1.54) is 6.20 Å². The Morgan fingerprint density at radius 1 is 0.879 bits per heavy atom. The minimum absolute atomic E-state index is 0.0493. The Kier molecular flexibility index (Phi) is 6.44. The van der Waals surface area contributed by atoms with Crippen molar-refractivity contribution in [2.75, 3.05) is 6.61 Å². The fourth-order valence-electron chi connectivity index (χ4n) is 3.47. The SMILES string of the molecule is CCC(CC)(COc1cnc(-c2ccc(-c3ncc(-c4ccccc4)[nH]3)nc2)cn1)C(=O)O. The molecule has 0 aliphatic heterocycles. The number of nitrogens with one attached hydrogen (secondary N) is 1. The molecule has 0 saturated heterocycles. The molecule has 0 atom stereocenters. The summed E-state index contributed by atoms with van der Waals surface area (Å²) in [6.45, 7) is 3.74. The van der Waals surface area contributed by atoms with Crippen LogP contribution in [0.4, 0.5) is 0 Å². The van der Waals surface area contributed by atoms with Crippen LogP contribution >= 0.6 is 0 Å². The Bertz CT molecular complexity index is 1200. The fourth-order valence-corrected chi connectivity index (χ4v) is 3.47. The summed E-state index contributed by atoms with van der Waals surface area (Å²) in [4.78, 5) is 32.5. The van der Waals surface area contributed by atoms with Crippen LogP contribution in [0.5, 0.6) is 5.88 Å². The molecular formula is C25H25N5O3. The Labute approximate surface area is 191 Å². The first-order chi connectivity index (χ1) is 16.0. The number of imidazole rings is 1. The van der Waals surface area contributed by atoms with E-state index in [-0.39, 0.29) is 6.61 Å². The zero-order valence-electron chi connectivity index (χ0n) is 18.5. The molecule has 3 heterocycles. The number of H-pyrrole nitrogens is 1. The van der Waals surface area contributed by atoms with Gasteiger partial charge in [0.15, 0.2) is 5.82 Å². The van der Waals surface area contributed by atoms with Gasteiger partial charge in [-0.1, -0.05) is 44.2 Å². The van der Waals surface area contributed by atoms with E-state index in [1.54, 1.807) is 18.6 Å². The molecule has 33 heavy (non-hydrogen) atoms. The number of aliphatic carboxylic acids is 1. The number of aromatic nitrogens is 5. The lowest BCUT2D eigenvalue weighted by Crippen LogP contribution is -2.36. The third-order valence-corrected chi connectivity index (χ3v) is 5.89. The van der Waals surface area contributed by atoms with Gasteiger partial charge in [-0.25, -0.2) is 15.0 Å². The number of ether oxygens (including phenoxy) is 1. The molecular weight excluding hydrogens is 418 g/mol. The van der Waals surface area contributed by atoms with Crippen molar-refractivity contribution in [3.8, 4) is 39.9 Å². The number of rotatable bonds is 9. The Morgan fingerprint density at radius 3 is 2.24 bits per heavy atom. The normalized spacial score (nSPS) is 11.3. The number of pyridine rings is 1. The van der Waals surface area contributed by atoms with Gasteiger partial charge in [0.1, 0.15) is 17.7 Å². The number of aromatic amines is 1. The second kappa shape index (κ2) is 9.60. The third-order valence-electron chi connectivity index (χ3n) is 5.89. The summed E-state index contributed by atoms with van der Waals surface area (Å²) in [5.41, 5.74) is 3.22. The molecule has 8 heteroatoms. The van der Waals surface area contributed by atoms with Gasteiger partial charge >= 0.3 is 5.97 Å². The third kappa shape index (κ3) is 4.74. The van der Waals surface area contributed by atoms with Crippen molar-refractivity contribution < 1.29 is 14.6 Å². The number of hydrogen-bond donors (Lipinski definition) is 2. The molecule has 0 spiro atoms. The summed E-state index contributed by atoms with van der Waals surface area (Å²) in [7, 11) is 0. The molecule has 0 unspecified atom stereocenters. The van der Waals surface area contributed by atoms with Crippen molar-refractivity contribution in [2.45, 2.75) is 26.7 Å². The molecule has 0 aliphatic rings. The number of benzene rings is 1. The molecule has 0 aliphatic carbocycles. The van der Waals surface area contributed by atoms with Gasteiger partial charge in [-0.2, -0.15) is 0 Å². The predicted molar refractivity (Wildman–Crippen MR) is 124 cm³/mol. The smallest absolute Gasteiger partial charge is 0.313 e. The van der Waals surface area contributed by atoms with Crippen LogP contribution in [0, 0.1) is 5.41 Å². The van der Waals surface area contributed by atoms with Crippen LogP contribution in [0.3, 0.4) is 0 Å². The highest BCUT2D eigenvalue weighted by molar-refractivity contribution is 5.74.